The smallest absolute Gasteiger partial charge is 0.234 e. The van der Waals surface area contributed by atoms with Crippen molar-refractivity contribution in [3.05, 3.63) is 0 Å². The largest absolute Gasteiger partial charge is 0.342 e. The van der Waals surface area contributed by atoms with Gasteiger partial charge in [-0.1, -0.05) is 27.2 Å². The number of nitrogens with one attached hydrogen (secondary N) is 2. The highest BCUT2D eigenvalue weighted by atomic mass is 16.1. The van der Waals surface area contributed by atoms with Gasteiger partial charge in [-0.25, -0.2) is 0 Å². The minimum absolute atomic E-state index is 0.0858. The lowest BCUT2D eigenvalue weighted by Gasteiger charge is -2.37. The summed E-state index contributed by atoms with van der Waals surface area (Å²) in [6, 6.07) is 2.34. The van der Waals surface area contributed by atoms with Crippen LogP contribution in [0.15, 0.2) is 0 Å². The number of carbonyl (C=O) groups is 1. The number of hydrogen-bond acceptors (Lipinski definition) is 3. The van der Waals surface area contributed by atoms with Crippen LogP contribution in [0, 0.1) is 29.1 Å². The summed E-state index contributed by atoms with van der Waals surface area (Å²) in [5.74, 6) is 1.96. The zero-order valence-electron chi connectivity index (χ0n) is 11.7. The van der Waals surface area contributed by atoms with Crippen LogP contribution in [0.4, 0.5) is 0 Å². The second-order valence-electron chi connectivity index (χ2n) is 5.75. The summed E-state index contributed by atoms with van der Waals surface area (Å²) in [5.41, 5.74) is 0. The average Bonchev–Trinajstić information content (AvgIpc) is 2.33. The molecule has 2 N–H and O–H groups in total. The zero-order valence-corrected chi connectivity index (χ0v) is 11.7. The van der Waals surface area contributed by atoms with Crippen LogP contribution in [-0.4, -0.2) is 25.0 Å². The molecule has 0 bridgehead atoms. The summed E-state index contributed by atoms with van der Waals surface area (Å²) in [4.78, 5) is 11.5. The van der Waals surface area contributed by atoms with E-state index < -0.39 is 0 Å². The number of nitrogens with zero attached hydrogens (tertiary/aromatic N) is 1. The molecule has 0 unspecified atom stereocenters. The maximum Gasteiger partial charge on any atom is 0.234 e. The van der Waals surface area contributed by atoms with Crippen LogP contribution in [0.3, 0.4) is 0 Å². The highest BCUT2D eigenvalue weighted by Gasteiger charge is 2.30. The first-order valence-corrected chi connectivity index (χ1v) is 6.91. The lowest BCUT2D eigenvalue weighted by Crippen LogP contribution is -2.46. The lowest BCUT2D eigenvalue weighted by atomic mass is 9.74. The van der Waals surface area contributed by atoms with Gasteiger partial charge in [-0.3, -0.25) is 4.79 Å². The van der Waals surface area contributed by atoms with Gasteiger partial charge in [0.25, 0.3) is 0 Å². The van der Waals surface area contributed by atoms with E-state index in [-0.39, 0.29) is 12.5 Å². The van der Waals surface area contributed by atoms with E-state index in [2.05, 4.69) is 31.4 Å². The van der Waals surface area contributed by atoms with Gasteiger partial charge >= 0.3 is 0 Å². The molecule has 1 amide bonds. The van der Waals surface area contributed by atoms with Gasteiger partial charge in [-0.2, -0.15) is 5.26 Å². The SMILES string of the molecule is CC(C)[C@@H]1CC[C@@H](C)C[C@@H]1NCC(=O)NCC#N. The molecule has 0 aromatic rings. The van der Waals surface area contributed by atoms with Gasteiger partial charge in [0.1, 0.15) is 6.54 Å². The van der Waals surface area contributed by atoms with Gasteiger partial charge in [-0.05, 0) is 30.6 Å². The molecule has 0 aliphatic heterocycles. The number of carbonyl (C=O) groups excluding carboxylic acids is 1. The van der Waals surface area contributed by atoms with Crippen LogP contribution in [0.2, 0.25) is 0 Å². The molecule has 4 nitrogen and oxygen atoms in total. The van der Waals surface area contributed by atoms with Crippen molar-refractivity contribution in [3.63, 3.8) is 0 Å². The highest BCUT2D eigenvalue weighted by molar-refractivity contribution is 5.78. The second-order valence-corrected chi connectivity index (χ2v) is 5.75. The molecule has 1 fully saturated rings. The van der Waals surface area contributed by atoms with Crippen molar-refractivity contribution in [2.75, 3.05) is 13.1 Å². The summed E-state index contributed by atoms with van der Waals surface area (Å²) >= 11 is 0. The second kappa shape index (κ2) is 7.38. The van der Waals surface area contributed by atoms with Crippen molar-refractivity contribution in [1.82, 2.24) is 10.6 Å². The fourth-order valence-electron chi connectivity index (χ4n) is 2.86. The Morgan fingerprint density at radius 1 is 1.44 bits per heavy atom. The predicted octanol–water partition coefficient (Wildman–Crippen LogP) is 1.68. The Bertz CT molecular complexity index is 309. The Balaban J connectivity index is 2.41. The number of nitriles is 1. The van der Waals surface area contributed by atoms with E-state index >= 15 is 0 Å². The maximum atomic E-state index is 11.5. The van der Waals surface area contributed by atoms with E-state index in [1.54, 1.807) is 0 Å². The molecule has 102 valence electrons. The summed E-state index contributed by atoms with van der Waals surface area (Å²) in [6.07, 6.45) is 3.69. The van der Waals surface area contributed by atoms with Crippen LogP contribution < -0.4 is 10.6 Å². The molecule has 0 saturated heterocycles. The highest BCUT2D eigenvalue weighted by Crippen LogP contribution is 2.33. The van der Waals surface area contributed by atoms with Crippen molar-refractivity contribution in [2.45, 2.75) is 46.1 Å². The van der Waals surface area contributed by atoms with Crippen molar-refractivity contribution in [2.24, 2.45) is 17.8 Å². The van der Waals surface area contributed by atoms with E-state index in [9.17, 15) is 4.79 Å². The average molecular weight is 251 g/mol. The Kier molecular flexibility index (Phi) is 6.14. The first-order valence-electron chi connectivity index (χ1n) is 6.91. The maximum absolute atomic E-state index is 11.5. The molecule has 1 aliphatic rings. The third-order valence-electron chi connectivity index (χ3n) is 3.91. The predicted molar refractivity (Wildman–Crippen MR) is 71.8 cm³/mol. The molecule has 3 atom stereocenters. The van der Waals surface area contributed by atoms with Gasteiger partial charge in [0.15, 0.2) is 0 Å². The molecule has 0 aromatic heterocycles. The molecule has 1 aliphatic carbocycles. The fourth-order valence-corrected chi connectivity index (χ4v) is 2.86. The van der Waals surface area contributed by atoms with Gasteiger partial charge in [0.05, 0.1) is 12.6 Å². The Morgan fingerprint density at radius 3 is 2.78 bits per heavy atom. The molecular weight excluding hydrogens is 226 g/mol. The molecular formula is C14H25N3O. The summed E-state index contributed by atoms with van der Waals surface area (Å²) in [7, 11) is 0. The van der Waals surface area contributed by atoms with Gasteiger partial charge in [-0.15, -0.1) is 0 Å². The van der Waals surface area contributed by atoms with E-state index in [4.69, 9.17) is 5.26 Å². The van der Waals surface area contributed by atoms with Gasteiger partial charge < -0.3 is 10.6 Å². The van der Waals surface area contributed by atoms with Crippen LogP contribution in [-0.2, 0) is 4.79 Å². The van der Waals surface area contributed by atoms with Crippen LogP contribution in [0.25, 0.3) is 0 Å². The van der Waals surface area contributed by atoms with Gasteiger partial charge in [0, 0.05) is 6.04 Å². The molecule has 18 heavy (non-hydrogen) atoms. The summed E-state index contributed by atoms with van der Waals surface area (Å²) in [6.45, 7) is 7.20. The lowest BCUT2D eigenvalue weighted by molar-refractivity contribution is -0.120. The minimum Gasteiger partial charge on any atom is -0.342 e. The third-order valence-corrected chi connectivity index (χ3v) is 3.91. The molecule has 1 rings (SSSR count). The summed E-state index contributed by atoms with van der Waals surface area (Å²) < 4.78 is 0. The number of amides is 1. The standard InChI is InChI=1S/C14H25N3O/c1-10(2)12-5-4-11(3)8-13(12)17-9-14(18)16-7-6-15/h10-13,17H,4-5,7-9H2,1-3H3,(H,16,18)/t11-,12+,13+/m1/s1. The normalized spacial score (nSPS) is 27.8. The zero-order chi connectivity index (χ0) is 13.5. The Labute approximate surface area is 110 Å². The Hall–Kier alpha value is -1.08. The van der Waals surface area contributed by atoms with E-state index in [0.29, 0.717) is 24.4 Å². The molecule has 0 radical (unpaired) electrons. The fraction of sp³-hybridized carbons (Fsp3) is 0.857. The molecule has 0 heterocycles. The Morgan fingerprint density at radius 2 is 2.17 bits per heavy atom. The van der Waals surface area contributed by atoms with Crippen LogP contribution in [0.1, 0.15) is 40.0 Å². The van der Waals surface area contributed by atoms with Crippen LogP contribution in [0.5, 0.6) is 0 Å². The monoisotopic (exact) mass is 251 g/mol. The molecule has 0 aromatic carbocycles. The van der Waals surface area contributed by atoms with E-state index in [1.807, 2.05) is 6.07 Å². The molecule has 0 spiro atoms. The van der Waals surface area contributed by atoms with Crippen LogP contribution >= 0.6 is 0 Å². The van der Waals surface area contributed by atoms with E-state index in [1.165, 1.54) is 12.8 Å². The van der Waals surface area contributed by atoms with Crippen molar-refractivity contribution in [3.8, 4) is 6.07 Å². The van der Waals surface area contributed by atoms with Crippen molar-refractivity contribution in [1.29, 1.82) is 5.26 Å². The first kappa shape index (κ1) is 15.0. The van der Waals surface area contributed by atoms with E-state index in [0.717, 1.165) is 12.3 Å². The first-order chi connectivity index (χ1) is 8.54. The quantitative estimate of drug-likeness (QED) is 0.731. The third kappa shape index (κ3) is 4.66. The number of hydrogen-bond donors (Lipinski definition) is 2. The van der Waals surface area contributed by atoms with Crippen molar-refractivity contribution >= 4 is 5.91 Å². The molecule has 1 saturated carbocycles. The van der Waals surface area contributed by atoms with Crippen molar-refractivity contribution < 1.29 is 4.79 Å². The topological polar surface area (TPSA) is 64.9 Å². The molecule has 4 heteroatoms. The van der Waals surface area contributed by atoms with Gasteiger partial charge in [0.2, 0.25) is 5.91 Å². The summed E-state index contributed by atoms with van der Waals surface area (Å²) in [5, 5.41) is 14.3. The number of rotatable bonds is 5. The minimum atomic E-state index is -0.0858.